The number of aromatic nitrogens is 2. The monoisotopic (exact) mass is 385 g/mol. The van der Waals surface area contributed by atoms with E-state index in [9.17, 15) is 0 Å². The third kappa shape index (κ3) is 3.69. The summed E-state index contributed by atoms with van der Waals surface area (Å²) in [6.45, 7) is 5.09. The Balaban J connectivity index is 1.55. The molecule has 3 heterocycles. The average Bonchev–Trinajstić information content (AvgIpc) is 2.66. The molecule has 2 aromatic rings. The number of hydrogen-bond acceptors (Lipinski definition) is 7. The quantitative estimate of drug-likeness (QED) is 0.835. The van der Waals surface area contributed by atoms with Crippen LogP contribution in [0, 0.1) is 30.1 Å². The zero-order valence-corrected chi connectivity index (χ0v) is 15.7. The maximum atomic E-state index is 8.97. The summed E-state index contributed by atoms with van der Waals surface area (Å²) in [6.07, 6.45) is 1.57. The molecule has 2 fully saturated rings. The van der Waals surface area contributed by atoms with Gasteiger partial charge in [-0.05, 0) is 25.1 Å². The van der Waals surface area contributed by atoms with E-state index in [-0.39, 0.29) is 6.10 Å². The van der Waals surface area contributed by atoms with Crippen LogP contribution in [0.25, 0.3) is 0 Å². The summed E-state index contributed by atoms with van der Waals surface area (Å²) in [5, 5.41) is 16.1. The van der Waals surface area contributed by atoms with Gasteiger partial charge in [-0.25, -0.2) is 9.97 Å². The first kappa shape index (κ1) is 18.0. The van der Waals surface area contributed by atoms with Gasteiger partial charge in [0.2, 0.25) is 5.88 Å². The van der Waals surface area contributed by atoms with Crippen molar-refractivity contribution in [3.05, 3.63) is 40.7 Å². The topological polar surface area (TPSA) is 92.1 Å². The summed E-state index contributed by atoms with van der Waals surface area (Å²) >= 11 is 6.26. The first-order chi connectivity index (χ1) is 13.2. The molecule has 2 unspecified atom stereocenters. The van der Waals surface area contributed by atoms with Crippen LogP contribution in [0.5, 0.6) is 5.88 Å². The summed E-state index contributed by atoms with van der Waals surface area (Å²) in [5.41, 5.74) is 2.00. The highest BCUT2D eigenvalue weighted by molar-refractivity contribution is 6.33. The second kappa shape index (κ2) is 7.69. The lowest BCUT2D eigenvalue weighted by molar-refractivity contribution is -0.0836. The highest BCUT2D eigenvalue weighted by Crippen LogP contribution is 2.32. The Morgan fingerprint density at radius 2 is 2.07 bits per heavy atom. The number of ether oxygens (including phenoxy) is 2. The predicted molar refractivity (Wildman–Crippen MR) is 101 cm³/mol. The van der Waals surface area contributed by atoms with Gasteiger partial charge in [0.25, 0.3) is 0 Å². The van der Waals surface area contributed by atoms with Crippen LogP contribution in [0.1, 0.15) is 11.1 Å². The van der Waals surface area contributed by atoms with Crippen molar-refractivity contribution in [2.24, 2.45) is 11.8 Å². The molecule has 2 bridgehead atoms. The van der Waals surface area contributed by atoms with Gasteiger partial charge in [-0.1, -0.05) is 11.6 Å². The molecule has 0 spiro atoms. The fraction of sp³-hybridized carbons (Fsp3) is 0.421. The second-order valence-corrected chi connectivity index (χ2v) is 7.29. The van der Waals surface area contributed by atoms with Gasteiger partial charge in [-0.15, -0.1) is 0 Å². The Hall–Kier alpha value is -2.40. The van der Waals surface area contributed by atoms with E-state index in [0.29, 0.717) is 53.0 Å². The molecule has 7 nitrogen and oxygen atoms in total. The zero-order valence-electron chi connectivity index (χ0n) is 14.9. The first-order valence-corrected chi connectivity index (χ1v) is 9.27. The minimum absolute atomic E-state index is 0.0833. The SMILES string of the molecule is Cc1c(Nc2ccc(C#N)cc2Cl)ncnc1OC1C2CNCC1COC2. The van der Waals surface area contributed by atoms with Gasteiger partial charge in [0, 0.05) is 24.9 Å². The third-order valence-electron chi connectivity index (χ3n) is 5.04. The number of nitrogens with zero attached hydrogens (tertiary/aromatic N) is 3. The number of nitrogens with one attached hydrogen (secondary N) is 2. The van der Waals surface area contributed by atoms with Crippen LogP contribution in [0.4, 0.5) is 11.5 Å². The van der Waals surface area contributed by atoms with E-state index < -0.39 is 0 Å². The van der Waals surface area contributed by atoms with Crippen LogP contribution in [-0.4, -0.2) is 42.4 Å². The minimum atomic E-state index is 0.0833. The number of rotatable bonds is 4. The highest BCUT2D eigenvalue weighted by Gasteiger charge is 2.39. The molecule has 0 radical (unpaired) electrons. The van der Waals surface area contributed by atoms with Crippen molar-refractivity contribution in [3.63, 3.8) is 0 Å². The lowest BCUT2D eigenvalue weighted by atomic mass is 9.86. The fourth-order valence-corrected chi connectivity index (χ4v) is 3.79. The van der Waals surface area contributed by atoms with Crippen molar-refractivity contribution in [1.29, 1.82) is 5.26 Å². The van der Waals surface area contributed by atoms with E-state index in [2.05, 4.69) is 26.7 Å². The maximum Gasteiger partial charge on any atom is 0.221 e. The van der Waals surface area contributed by atoms with Crippen LogP contribution in [0.2, 0.25) is 5.02 Å². The van der Waals surface area contributed by atoms with Gasteiger partial charge in [0.15, 0.2) is 0 Å². The van der Waals surface area contributed by atoms with Crippen molar-refractivity contribution in [3.8, 4) is 11.9 Å². The molecular formula is C19H20ClN5O2. The molecule has 2 N–H and O–H groups in total. The Morgan fingerprint density at radius 3 is 2.78 bits per heavy atom. The van der Waals surface area contributed by atoms with Crippen LogP contribution < -0.4 is 15.4 Å². The van der Waals surface area contributed by atoms with Gasteiger partial charge in [0.05, 0.1) is 41.1 Å². The fourth-order valence-electron chi connectivity index (χ4n) is 3.56. The number of halogens is 1. The normalized spacial score (nSPS) is 24.1. The number of piperidine rings is 1. The van der Waals surface area contributed by atoms with E-state index in [1.54, 1.807) is 18.2 Å². The average molecular weight is 386 g/mol. The predicted octanol–water partition coefficient (Wildman–Crippen LogP) is 2.67. The smallest absolute Gasteiger partial charge is 0.221 e. The molecule has 8 heteroatoms. The number of nitriles is 1. The Labute approximate surface area is 162 Å². The number of hydrogen-bond donors (Lipinski definition) is 2. The van der Waals surface area contributed by atoms with E-state index in [0.717, 1.165) is 18.7 Å². The van der Waals surface area contributed by atoms with Crippen molar-refractivity contribution in [2.45, 2.75) is 13.0 Å². The van der Waals surface area contributed by atoms with Crippen molar-refractivity contribution >= 4 is 23.1 Å². The molecule has 1 aromatic heterocycles. The zero-order chi connectivity index (χ0) is 18.8. The molecule has 4 rings (SSSR count). The van der Waals surface area contributed by atoms with Gasteiger partial charge in [0.1, 0.15) is 18.2 Å². The number of anilines is 2. The van der Waals surface area contributed by atoms with Crippen molar-refractivity contribution in [1.82, 2.24) is 15.3 Å². The molecule has 1 aromatic carbocycles. The first-order valence-electron chi connectivity index (χ1n) is 8.89. The van der Waals surface area contributed by atoms with Gasteiger partial charge >= 0.3 is 0 Å². The lowest BCUT2D eigenvalue weighted by Crippen LogP contribution is -2.56. The molecule has 0 amide bonds. The van der Waals surface area contributed by atoms with E-state index in [4.69, 9.17) is 26.3 Å². The summed E-state index contributed by atoms with van der Waals surface area (Å²) < 4.78 is 12.0. The van der Waals surface area contributed by atoms with Crippen LogP contribution in [0.15, 0.2) is 24.5 Å². The summed E-state index contributed by atoms with van der Waals surface area (Å²) in [4.78, 5) is 8.66. The maximum absolute atomic E-state index is 8.97. The highest BCUT2D eigenvalue weighted by atomic mass is 35.5. The van der Waals surface area contributed by atoms with E-state index >= 15 is 0 Å². The number of benzene rings is 1. The van der Waals surface area contributed by atoms with Gasteiger partial charge in [-0.2, -0.15) is 5.26 Å². The summed E-state index contributed by atoms with van der Waals surface area (Å²) in [6, 6.07) is 7.16. The van der Waals surface area contributed by atoms with Crippen LogP contribution in [-0.2, 0) is 4.74 Å². The molecule has 0 saturated carbocycles. The molecule has 27 heavy (non-hydrogen) atoms. The van der Waals surface area contributed by atoms with Crippen LogP contribution >= 0.6 is 11.6 Å². The van der Waals surface area contributed by atoms with Crippen molar-refractivity contribution in [2.75, 3.05) is 31.6 Å². The minimum Gasteiger partial charge on any atom is -0.473 e. The van der Waals surface area contributed by atoms with Gasteiger partial charge in [-0.3, -0.25) is 0 Å². The largest absolute Gasteiger partial charge is 0.473 e. The Kier molecular flexibility index (Phi) is 5.12. The molecule has 2 aliphatic rings. The molecule has 2 aliphatic heterocycles. The van der Waals surface area contributed by atoms with E-state index in [1.807, 2.05) is 6.92 Å². The molecule has 2 saturated heterocycles. The summed E-state index contributed by atoms with van der Waals surface area (Å²) in [7, 11) is 0. The standard InChI is InChI=1S/C19H20ClN5O2/c1-11-18(25-16-3-2-12(5-21)4-15(16)20)23-10-24-19(11)27-17-13-6-22-7-14(17)9-26-8-13/h2-4,10,13-14,17,22H,6-9H2,1H3,(H,23,24,25). The van der Waals surface area contributed by atoms with Crippen molar-refractivity contribution < 1.29 is 9.47 Å². The third-order valence-corrected chi connectivity index (χ3v) is 5.36. The summed E-state index contributed by atoms with van der Waals surface area (Å²) in [5.74, 6) is 1.83. The Morgan fingerprint density at radius 1 is 1.30 bits per heavy atom. The molecular weight excluding hydrogens is 366 g/mol. The Bertz CT molecular complexity index is 863. The second-order valence-electron chi connectivity index (χ2n) is 6.88. The van der Waals surface area contributed by atoms with Crippen LogP contribution in [0.3, 0.4) is 0 Å². The molecule has 140 valence electrons. The lowest BCUT2D eigenvalue weighted by Gasteiger charge is -2.42. The van der Waals surface area contributed by atoms with E-state index in [1.165, 1.54) is 6.33 Å². The molecule has 0 aliphatic carbocycles. The molecule has 2 atom stereocenters. The van der Waals surface area contributed by atoms with Gasteiger partial charge < -0.3 is 20.1 Å². The number of fused-ring (bicyclic) bond motifs is 2.